The highest BCUT2D eigenvalue weighted by atomic mass is 79.9. The van der Waals surface area contributed by atoms with Crippen molar-refractivity contribution in [1.29, 1.82) is 0 Å². The summed E-state index contributed by atoms with van der Waals surface area (Å²) in [7, 11) is 0. The van der Waals surface area contributed by atoms with Crippen LogP contribution in [0.15, 0.2) is 29.0 Å². The van der Waals surface area contributed by atoms with Crippen molar-refractivity contribution in [2.24, 2.45) is 0 Å². The molecule has 0 atom stereocenters. The number of nitrogens with zero attached hydrogens (tertiary/aromatic N) is 2. The molecule has 2 heterocycles. The van der Waals surface area contributed by atoms with Crippen LogP contribution in [0.1, 0.15) is 12.8 Å². The van der Waals surface area contributed by atoms with Crippen LogP contribution in [0.4, 0.5) is 5.69 Å². The second kappa shape index (κ2) is 5.93. The summed E-state index contributed by atoms with van der Waals surface area (Å²) in [6.07, 6.45) is 5.29. The van der Waals surface area contributed by atoms with E-state index in [-0.39, 0.29) is 6.61 Å². The van der Waals surface area contributed by atoms with Crippen molar-refractivity contribution in [3.05, 3.63) is 29.0 Å². The van der Waals surface area contributed by atoms with Crippen LogP contribution in [0.3, 0.4) is 0 Å². The highest BCUT2D eigenvalue weighted by molar-refractivity contribution is 9.10. The highest BCUT2D eigenvalue weighted by Gasteiger charge is 2.03. The van der Waals surface area contributed by atoms with E-state index < -0.39 is 0 Å². The van der Waals surface area contributed by atoms with E-state index >= 15 is 0 Å². The van der Waals surface area contributed by atoms with Crippen LogP contribution in [-0.4, -0.2) is 28.2 Å². The molecule has 0 fully saturated rings. The van der Waals surface area contributed by atoms with E-state index in [4.69, 9.17) is 5.11 Å². The SMILES string of the molecule is OCCCCNc1ccnc2cc(Br)cnc12. The molecule has 0 aliphatic heterocycles. The van der Waals surface area contributed by atoms with E-state index in [9.17, 15) is 0 Å². The van der Waals surface area contributed by atoms with E-state index in [1.54, 1.807) is 12.4 Å². The summed E-state index contributed by atoms with van der Waals surface area (Å²) in [5.74, 6) is 0. The number of halogens is 1. The maximum atomic E-state index is 8.71. The second-order valence-corrected chi connectivity index (χ2v) is 4.65. The zero-order valence-corrected chi connectivity index (χ0v) is 10.9. The molecule has 0 saturated heterocycles. The van der Waals surface area contributed by atoms with Crippen molar-refractivity contribution in [2.45, 2.75) is 12.8 Å². The third-order valence-corrected chi connectivity index (χ3v) is 2.88. The first-order valence-electron chi connectivity index (χ1n) is 5.56. The molecule has 2 rings (SSSR count). The fourth-order valence-corrected chi connectivity index (χ4v) is 1.93. The monoisotopic (exact) mass is 295 g/mol. The minimum absolute atomic E-state index is 0.240. The first-order chi connectivity index (χ1) is 8.31. The van der Waals surface area contributed by atoms with Crippen molar-refractivity contribution < 1.29 is 5.11 Å². The molecule has 0 aliphatic carbocycles. The zero-order chi connectivity index (χ0) is 12.1. The molecule has 4 nitrogen and oxygen atoms in total. The number of aliphatic hydroxyl groups excluding tert-OH is 1. The number of fused-ring (bicyclic) bond motifs is 1. The van der Waals surface area contributed by atoms with Gasteiger partial charge < -0.3 is 10.4 Å². The Bertz CT molecular complexity index is 504. The number of anilines is 1. The number of aromatic nitrogens is 2. The number of rotatable bonds is 5. The molecular weight excluding hydrogens is 282 g/mol. The van der Waals surface area contributed by atoms with Gasteiger partial charge in [0, 0.05) is 30.0 Å². The summed E-state index contributed by atoms with van der Waals surface area (Å²) >= 11 is 3.38. The van der Waals surface area contributed by atoms with E-state index in [0.717, 1.165) is 40.6 Å². The average Bonchev–Trinajstić information content (AvgIpc) is 2.34. The zero-order valence-electron chi connectivity index (χ0n) is 9.36. The number of hydrogen-bond donors (Lipinski definition) is 2. The van der Waals surface area contributed by atoms with Crippen LogP contribution >= 0.6 is 15.9 Å². The molecule has 2 N–H and O–H groups in total. The van der Waals surface area contributed by atoms with Crippen LogP contribution in [-0.2, 0) is 0 Å². The largest absolute Gasteiger partial charge is 0.396 e. The van der Waals surface area contributed by atoms with Gasteiger partial charge in [-0.3, -0.25) is 9.97 Å². The predicted octanol–water partition coefficient (Wildman–Crippen LogP) is 2.58. The molecule has 0 aromatic carbocycles. The second-order valence-electron chi connectivity index (χ2n) is 3.74. The smallest absolute Gasteiger partial charge is 0.112 e. The van der Waals surface area contributed by atoms with E-state index in [2.05, 4.69) is 31.2 Å². The van der Waals surface area contributed by atoms with Gasteiger partial charge >= 0.3 is 0 Å². The van der Waals surface area contributed by atoms with Gasteiger partial charge in [0.1, 0.15) is 5.52 Å². The first-order valence-corrected chi connectivity index (χ1v) is 6.35. The summed E-state index contributed by atoms with van der Waals surface area (Å²) in [5, 5.41) is 12.0. The Balaban J connectivity index is 2.16. The molecule has 0 unspecified atom stereocenters. The molecule has 5 heteroatoms. The Morgan fingerprint density at radius 2 is 2.18 bits per heavy atom. The van der Waals surface area contributed by atoms with Gasteiger partial charge in [-0.25, -0.2) is 0 Å². The fraction of sp³-hybridized carbons (Fsp3) is 0.333. The molecule has 0 radical (unpaired) electrons. The Kier molecular flexibility index (Phi) is 4.28. The van der Waals surface area contributed by atoms with Gasteiger partial charge in [0.25, 0.3) is 0 Å². The van der Waals surface area contributed by atoms with Crippen molar-refractivity contribution in [2.75, 3.05) is 18.5 Å². The molecule has 17 heavy (non-hydrogen) atoms. The Hall–Kier alpha value is -1.20. The average molecular weight is 296 g/mol. The van der Waals surface area contributed by atoms with Crippen molar-refractivity contribution in [1.82, 2.24) is 9.97 Å². The number of unbranched alkanes of at least 4 members (excludes halogenated alkanes) is 1. The van der Waals surface area contributed by atoms with Crippen molar-refractivity contribution in [3.8, 4) is 0 Å². The molecule has 0 saturated carbocycles. The summed E-state index contributed by atoms with van der Waals surface area (Å²) < 4.78 is 0.926. The minimum atomic E-state index is 0.240. The van der Waals surface area contributed by atoms with Crippen LogP contribution in [0, 0.1) is 0 Å². The number of pyridine rings is 2. The minimum Gasteiger partial charge on any atom is -0.396 e. The maximum absolute atomic E-state index is 8.71. The molecule has 0 amide bonds. The number of nitrogens with one attached hydrogen (secondary N) is 1. The van der Waals surface area contributed by atoms with Gasteiger partial charge in [-0.15, -0.1) is 0 Å². The standard InChI is InChI=1S/C12H14BrN3O/c13-9-7-11-12(16-8-9)10(3-5-15-11)14-4-1-2-6-17/h3,5,7-8,17H,1-2,4,6H2,(H,14,15). The summed E-state index contributed by atoms with van der Waals surface area (Å²) in [6.45, 7) is 1.07. The van der Waals surface area contributed by atoms with Crippen molar-refractivity contribution >= 4 is 32.7 Å². The Morgan fingerprint density at radius 3 is 3.00 bits per heavy atom. The lowest BCUT2D eigenvalue weighted by atomic mass is 10.2. The van der Waals surface area contributed by atoms with Crippen LogP contribution in [0.2, 0.25) is 0 Å². The van der Waals surface area contributed by atoms with Gasteiger partial charge in [0.15, 0.2) is 0 Å². The van der Waals surface area contributed by atoms with E-state index in [0.29, 0.717) is 0 Å². The van der Waals surface area contributed by atoms with Gasteiger partial charge in [-0.05, 0) is 40.9 Å². The quantitative estimate of drug-likeness (QED) is 0.833. The maximum Gasteiger partial charge on any atom is 0.112 e. The normalized spacial score (nSPS) is 10.7. The van der Waals surface area contributed by atoms with Crippen LogP contribution in [0.5, 0.6) is 0 Å². The molecule has 2 aromatic rings. The van der Waals surface area contributed by atoms with Gasteiger partial charge in [0.05, 0.1) is 11.2 Å². The lowest BCUT2D eigenvalue weighted by Gasteiger charge is -2.08. The lowest BCUT2D eigenvalue weighted by molar-refractivity contribution is 0.286. The van der Waals surface area contributed by atoms with E-state index in [1.807, 2.05) is 12.1 Å². The van der Waals surface area contributed by atoms with Gasteiger partial charge in [-0.1, -0.05) is 0 Å². The third-order valence-electron chi connectivity index (χ3n) is 2.44. The Labute approximate surface area is 108 Å². The van der Waals surface area contributed by atoms with Crippen LogP contribution in [0.25, 0.3) is 11.0 Å². The molecule has 0 bridgehead atoms. The summed E-state index contributed by atoms with van der Waals surface area (Å²) in [6, 6.07) is 3.86. The number of aliphatic hydroxyl groups is 1. The lowest BCUT2D eigenvalue weighted by Crippen LogP contribution is -2.03. The molecular formula is C12H14BrN3O. The molecule has 2 aromatic heterocycles. The molecule has 0 aliphatic rings. The van der Waals surface area contributed by atoms with Gasteiger partial charge in [0.2, 0.25) is 0 Å². The fourth-order valence-electron chi connectivity index (χ4n) is 1.61. The van der Waals surface area contributed by atoms with Crippen LogP contribution < -0.4 is 5.32 Å². The Morgan fingerprint density at radius 1 is 1.29 bits per heavy atom. The molecule has 0 spiro atoms. The topological polar surface area (TPSA) is 58.0 Å². The third kappa shape index (κ3) is 3.14. The molecule has 90 valence electrons. The number of hydrogen-bond acceptors (Lipinski definition) is 4. The summed E-state index contributed by atoms with van der Waals surface area (Å²) in [4.78, 5) is 8.63. The van der Waals surface area contributed by atoms with E-state index in [1.165, 1.54) is 0 Å². The predicted molar refractivity (Wildman–Crippen MR) is 72.0 cm³/mol. The van der Waals surface area contributed by atoms with Gasteiger partial charge in [-0.2, -0.15) is 0 Å². The van der Waals surface area contributed by atoms with Crippen molar-refractivity contribution in [3.63, 3.8) is 0 Å². The summed E-state index contributed by atoms with van der Waals surface area (Å²) in [5.41, 5.74) is 2.73. The highest BCUT2D eigenvalue weighted by Crippen LogP contribution is 2.21. The first kappa shape index (κ1) is 12.3.